The Morgan fingerprint density at radius 3 is 2.78 bits per heavy atom. The molecule has 0 radical (unpaired) electrons. The smallest absolute Gasteiger partial charge is 0.356 e. The van der Waals surface area contributed by atoms with E-state index in [-0.39, 0.29) is 0 Å². The van der Waals surface area contributed by atoms with Gasteiger partial charge in [0.2, 0.25) is 5.95 Å². The third-order valence-corrected chi connectivity index (χ3v) is 4.05. The molecule has 5 nitrogen and oxygen atoms in total. The van der Waals surface area contributed by atoms with Crippen molar-refractivity contribution in [3.63, 3.8) is 0 Å². The second-order valence-corrected chi connectivity index (χ2v) is 5.09. The number of rotatable bonds is 2. The zero-order valence-electron chi connectivity index (χ0n) is 10.5. The van der Waals surface area contributed by atoms with Gasteiger partial charge in [-0.05, 0) is 30.7 Å². The lowest BCUT2D eigenvalue weighted by atomic mass is 10.0. The number of esters is 1. The number of carbonyl (C=O) groups excluding carboxylic acids is 1. The van der Waals surface area contributed by atoms with E-state index in [0.29, 0.717) is 11.6 Å². The lowest BCUT2D eigenvalue weighted by molar-refractivity contribution is 0.0594. The minimum Gasteiger partial charge on any atom is -0.464 e. The number of aromatic nitrogens is 2. The Morgan fingerprint density at radius 2 is 2.11 bits per heavy atom. The van der Waals surface area contributed by atoms with Gasteiger partial charge in [-0.25, -0.2) is 14.8 Å². The van der Waals surface area contributed by atoms with Gasteiger partial charge in [0.1, 0.15) is 0 Å². The predicted molar refractivity (Wildman–Crippen MR) is 66.4 cm³/mol. The van der Waals surface area contributed by atoms with Crippen LogP contribution in [0.15, 0.2) is 12.3 Å². The molecule has 2 heterocycles. The molecule has 2 unspecified atom stereocenters. The number of fused-ring (bicyclic) bond motifs is 1. The van der Waals surface area contributed by atoms with Crippen molar-refractivity contribution in [2.45, 2.75) is 19.3 Å². The maximum Gasteiger partial charge on any atom is 0.356 e. The molecule has 0 amide bonds. The molecule has 1 saturated heterocycles. The number of carbonyl (C=O) groups is 1. The van der Waals surface area contributed by atoms with E-state index in [2.05, 4.69) is 19.6 Å². The summed E-state index contributed by atoms with van der Waals surface area (Å²) in [5.74, 6) is 1.83. The highest BCUT2D eigenvalue weighted by molar-refractivity contribution is 5.87. The maximum absolute atomic E-state index is 11.4. The van der Waals surface area contributed by atoms with Gasteiger partial charge in [0.25, 0.3) is 0 Å². The van der Waals surface area contributed by atoms with Crippen LogP contribution in [0.1, 0.15) is 29.8 Å². The van der Waals surface area contributed by atoms with Crippen molar-refractivity contribution in [3.8, 4) is 0 Å². The van der Waals surface area contributed by atoms with Crippen LogP contribution in [0.4, 0.5) is 5.95 Å². The molecule has 1 aliphatic heterocycles. The molecule has 1 aliphatic carbocycles. The van der Waals surface area contributed by atoms with Crippen LogP contribution >= 0.6 is 0 Å². The minimum absolute atomic E-state index is 0.333. The largest absolute Gasteiger partial charge is 0.464 e. The summed E-state index contributed by atoms with van der Waals surface area (Å²) in [6.45, 7) is 2.05. The maximum atomic E-state index is 11.4. The monoisotopic (exact) mass is 247 g/mol. The highest BCUT2D eigenvalue weighted by Gasteiger charge is 2.37. The normalized spacial score (nSPS) is 26.2. The number of nitrogens with zero attached hydrogens (tertiary/aromatic N) is 3. The van der Waals surface area contributed by atoms with E-state index in [4.69, 9.17) is 0 Å². The van der Waals surface area contributed by atoms with Crippen LogP contribution in [-0.2, 0) is 4.74 Å². The third kappa shape index (κ3) is 1.94. The Hall–Kier alpha value is -1.65. The van der Waals surface area contributed by atoms with Gasteiger partial charge in [-0.2, -0.15) is 0 Å². The highest BCUT2D eigenvalue weighted by Crippen LogP contribution is 2.38. The van der Waals surface area contributed by atoms with Gasteiger partial charge in [0.15, 0.2) is 5.69 Å². The molecular formula is C13H17N3O2. The third-order valence-electron chi connectivity index (χ3n) is 4.05. The Balaban J connectivity index is 1.79. The minimum atomic E-state index is -0.405. The van der Waals surface area contributed by atoms with E-state index < -0.39 is 5.97 Å². The fourth-order valence-electron chi connectivity index (χ4n) is 3.12. The molecule has 96 valence electrons. The van der Waals surface area contributed by atoms with Crippen molar-refractivity contribution in [1.82, 2.24) is 9.97 Å². The van der Waals surface area contributed by atoms with Crippen LogP contribution in [-0.4, -0.2) is 36.1 Å². The molecule has 1 aromatic rings. The van der Waals surface area contributed by atoms with Crippen molar-refractivity contribution in [2.24, 2.45) is 11.8 Å². The quantitative estimate of drug-likeness (QED) is 0.741. The average Bonchev–Trinajstić information content (AvgIpc) is 2.98. The van der Waals surface area contributed by atoms with Crippen molar-refractivity contribution < 1.29 is 9.53 Å². The second kappa shape index (κ2) is 4.55. The molecule has 0 bridgehead atoms. The van der Waals surface area contributed by atoms with Crippen LogP contribution in [0.2, 0.25) is 0 Å². The number of methoxy groups -OCH3 is 1. The lowest BCUT2D eigenvalue weighted by Crippen LogP contribution is -2.24. The zero-order chi connectivity index (χ0) is 12.5. The average molecular weight is 247 g/mol. The van der Waals surface area contributed by atoms with Gasteiger partial charge in [0, 0.05) is 19.3 Å². The van der Waals surface area contributed by atoms with Crippen molar-refractivity contribution >= 4 is 11.9 Å². The predicted octanol–water partition coefficient (Wildman–Crippen LogP) is 1.50. The summed E-state index contributed by atoms with van der Waals surface area (Å²) in [5.41, 5.74) is 0.333. The van der Waals surface area contributed by atoms with Crippen LogP contribution in [0.25, 0.3) is 0 Å². The SMILES string of the molecule is COC(=O)c1ccnc(N2CC3CCCC3C2)n1. The second-order valence-electron chi connectivity index (χ2n) is 5.09. The van der Waals surface area contributed by atoms with Crippen molar-refractivity contribution in [2.75, 3.05) is 25.1 Å². The van der Waals surface area contributed by atoms with Gasteiger partial charge < -0.3 is 9.64 Å². The zero-order valence-corrected chi connectivity index (χ0v) is 10.5. The standard InChI is InChI=1S/C13H17N3O2/c1-18-12(17)11-5-6-14-13(15-11)16-7-9-3-2-4-10(9)8-16/h5-6,9-10H,2-4,7-8H2,1H3. The number of ether oxygens (including phenoxy) is 1. The Morgan fingerprint density at radius 1 is 1.39 bits per heavy atom. The summed E-state index contributed by atoms with van der Waals surface area (Å²) in [4.78, 5) is 22.2. The summed E-state index contributed by atoms with van der Waals surface area (Å²) >= 11 is 0. The number of hydrogen-bond donors (Lipinski definition) is 0. The van der Waals surface area contributed by atoms with E-state index in [1.165, 1.54) is 26.4 Å². The van der Waals surface area contributed by atoms with E-state index >= 15 is 0 Å². The first-order valence-electron chi connectivity index (χ1n) is 6.44. The van der Waals surface area contributed by atoms with Gasteiger partial charge in [-0.1, -0.05) is 6.42 Å². The molecule has 5 heteroatoms. The molecule has 1 saturated carbocycles. The Labute approximate surface area is 106 Å². The van der Waals surface area contributed by atoms with Crippen molar-refractivity contribution in [1.29, 1.82) is 0 Å². The van der Waals surface area contributed by atoms with E-state index in [1.54, 1.807) is 12.3 Å². The fraction of sp³-hybridized carbons (Fsp3) is 0.615. The van der Waals surface area contributed by atoms with Gasteiger partial charge in [0.05, 0.1) is 7.11 Å². The molecule has 0 aromatic carbocycles. The lowest BCUT2D eigenvalue weighted by Gasteiger charge is -2.17. The molecular weight excluding hydrogens is 230 g/mol. The molecule has 2 fully saturated rings. The van der Waals surface area contributed by atoms with Gasteiger partial charge in [-0.15, -0.1) is 0 Å². The summed E-state index contributed by atoms with van der Waals surface area (Å²) in [7, 11) is 1.37. The van der Waals surface area contributed by atoms with Crippen LogP contribution in [0.3, 0.4) is 0 Å². The molecule has 18 heavy (non-hydrogen) atoms. The van der Waals surface area contributed by atoms with Gasteiger partial charge >= 0.3 is 5.97 Å². The Bertz CT molecular complexity index is 451. The highest BCUT2D eigenvalue weighted by atomic mass is 16.5. The summed E-state index contributed by atoms with van der Waals surface area (Å²) < 4.78 is 4.68. The molecule has 3 rings (SSSR count). The van der Waals surface area contributed by atoms with E-state index in [0.717, 1.165) is 24.9 Å². The first kappa shape index (κ1) is 11.4. The molecule has 0 N–H and O–H groups in total. The van der Waals surface area contributed by atoms with Crippen molar-refractivity contribution in [3.05, 3.63) is 18.0 Å². The Kier molecular flexibility index (Phi) is 2.89. The fourth-order valence-corrected chi connectivity index (χ4v) is 3.12. The summed E-state index contributed by atoms with van der Waals surface area (Å²) in [5, 5.41) is 0. The van der Waals surface area contributed by atoms with Crippen LogP contribution < -0.4 is 4.90 Å². The van der Waals surface area contributed by atoms with E-state index in [9.17, 15) is 4.79 Å². The topological polar surface area (TPSA) is 55.3 Å². The first-order valence-corrected chi connectivity index (χ1v) is 6.44. The number of hydrogen-bond acceptors (Lipinski definition) is 5. The molecule has 0 spiro atoms. The molecule has 2 aliphatic rings. The van der Waals surface area contributed by atoms with Gasteiger partial charge in [-0.3, -0.25) is 0 Å². The summed E-state index contributed by atoms with van der Waals surface area (Å²) in [6, 6.07) is 1.59. The molecule has 1 aromatic heterocycles. The number of anilines is 1. The molecule has 2 atom stereocenters. The van der Waals surface area contributed by atoms with E-state index in [1.807, 2.05) is 0 Å². The van der Waals surface area contributed by atoms with Crippen LogP contribution in [0.5, 0.6) is 0 Å². The summed E-state index contributed by atoms with van der Waals surface area (Å²) in [6.07, 6.45) is 5.62. The first-order chi connectivity index (χ1) is 8.78. The van der Waals surface area contributed by atoms with Crippen LogP contribution in [0, 0.1) is 11.8 Å².